The fourth-order valence-corrected chi connectivity index (χ4v) is 3.28. The van der Waals surface area contributed by atoms with E-state index in [1.54, 1.807) is 0 Å². The minimum Gasteiger partial charge on any atom is -0.366 e. The van der Waals surface area contributed by atoms with Gasteiger partial charge < -0.3 is 10.2 Å². The number of nitrogens with one attached hydrogen (secondary N) is 1. The van der Waals surface area contributed by atoms with E-state index in [1.807, 2.05) is 7.05 Å². The van der Waals surface area contributed by atoms with Gasteiger partial charge >= 0.3 is 0 Å². The number of benzene rings is 1. The molecule has 1 aliphatic heterocycles. The molecule has 0 aliphatic carbocycles. The summed E-state index contributed by atoms with van der Waals surface area (Å²) in [7, 11) is 1.98. The van der Waals surface area contributed by atoms with Crippen LogP contribution in [0.15, 0.2) is 22.7 Å². The smallest absolute Gasteiger partial charge is 0.0515 e. The first-order valence-corrected chi connectivity index (χ1v) is 7.04. The summed E-state index contributed by atoms with van der Waals surface area (Å²) < 4.78 is 1.21. The third-order valence-corrected chi connectivity index (χ3v) is 4.22. The highest BCUT2D eigenvalue weighted by Gasteiger charge is 2.32. The highest BCUT2D eigenvalue weighted by atomic mass is 79.9. The van der Waals surface area contributed by atoms with Gasteiger partial charge in [-0.05, 0) is 67.4 Å². The van der Waals surface area contributed by atoms with Crippen molar-refractivity contribution in [3.8, 4) is 0 Å². The van der Waals surface area contributed by atoms with Crippen LogP contribution in [-0.4, -0.2) is 19.1 Å². The average molecular weight is 297 g/mol. The van der Waals surface area contributed by atoms with Gasteiger partial charge in [-0.1, -0.05) is 6.07 Å². The van der Waals surface area contributed by atoms with Gasteiger partial charge in [0.05, 0.1) is 5.69 Å². The normalized spacial score (nSPS) is 18.7. The first-order valence-electron chi connectivity index (χ1n) is 6.25. The monoisotopic (exact) mass is 296 g/mol. The molecule has 0 spiro atoms. The highest BCUT2D eigenvalue weighted by Crippen LogP contribution is 2.37. The Morgan fingerprint density at radius 3 is 2.71 bits per heavy atom. The lowest BCUT2D eigenvalue weighted by molar-refractivity contribution is 0.517. The van der Waals surface area contributed by atoms with Gasteiger partial charge in [0.2, 0.25) is 0 Å². The van der Waals surface area contributed by atoms with Crippen LogP contribution >= 0.6 is 15.9 Å². The van der Waals surface area contributed by atoms with Crippen LogP contribution in [0, 0.1) is 0 Å². The predicted molar refractivity (Wildman–Crippen MR) is 77.6 cm³/mol. The van der Waals surface area contributed by atoms with E-state index in [4.69, 9.17) is 0 Å². The predicted octanol–water partition coefficient (Wildman–Crippen LogP) is 3.55. The van der Waals surface area contributed by atoms with Crippen molar-refractivity contribution in [3.63, 3.8) is 0 Å². The Kier molecular flexibility index (Phi) is 3.79. The molecule has 0 unspecified atom stereocenters. The molecule has 0 bridgehead atoms. The Labute approximate surface area is 113 Å². The van der Waals surface area contributed by atoms with Gasteiger partial charge in [0, 0.05) is 23.1 Å². The van der Waals surface area contributed by atoms with Crippen molar-refractivity contribution in [3.05, 3.63) is 28.2 Å². The summed E-state index contributed by atoms with van der Waals surface area (Å²) in [4.78, 5) is 2.51. The Hall–Kier alpha value is -0.540. The van der Waals surface area contributed by atoms with E-state index in [0.717, 1.165) is 13.1 Å². The summed E-state index contributed by atoms with van der Waals surface area (Å²) in [5.74, 6) is 0. The van der Waals surface area contributed by atoms with Crippen LogP contribution < -0.4 is 10.2 Å². The van der Waals surface area contributed by atoms with Gasteiger partial charge in [-0.15, -0.1) is 0 Å². The molecule has 0 aromatic heterocycles. The second-order valence-electron chi connectivity index (χ2n) is 5.38. The fourth-order valence-electron chi connectivity index (χ4n) is 2.64. The molecule has 2 rings (SSSR count). The number of rotatable bonds is 3. The van der Waals surface area contributed by atoms with Crippen molar-refractivity contribution < 1.29 is 0 Å². The van der Waals surface area contributed by atoms with Crippen molar-refractivity contribution in [2.45, 2.75) is 38.8 Å². The first-order chi connectivity index (χ1) is 8.04. The van der Waals surface area contributed by atoms with Gasteiger partial charge in [0.25, 0.3) is 0 Å². The maximum Gasteiger partial charge on any atom is 0.0515 e. The Balaban J connectivity index is 2.27. The van der Waals surface area contributed by atoms with E-state index >= 15 is 0 Å². The molecule has 0 saturated carbocycles. The van der Waals surface area contributed by atoms with Crippen LogP contribution in [0.1, 0.15) is 32.3 Å². The standard InChI is InChI=1S/C14H21BrN2/c1-14(2)7-4-8-17(14)13-6-5-11(10-16-3)9-12(13)15/h5-6,9,16H,4,7-8,10H2,1-3H3. The second-order valence-corrected chi connectivity index (χ2v) is 6.24. The summed E-state index contributed by atoms with van der Waals surface area (Å²) in [5.41, 5.74) is 2.93. The van der Waals surface area contributed by atoms with Crippen LogP contribution in [0.3, 0.4) is 0 Å². The lowest BCUT2D eigenvalue weighted by Crippen LogP contribution is -2.38. The van der Waals surface area contributed by atoms with Crippen LogP contribution in [0.4, 0.5) is 5.69 Å². The fraction of sp³-hybridized carbons (Fsp3) is 0.571. The molecule has 1 N–H and O–H groups in total. The number of nitrogens with zero attached hydrogens (tertiary/aromatic N) is 1. The van der Waals surface area contributed by atoms with Gasteiger partial charge in [0.1, 0.15) is 0 Å². The third kappa shape index (κ3) is 2.66. The molecule has 1 fully saturated rings. The maximum absolute atomic E-state index is 3.71. The Bertz CT molecular complexity index is 401. The van der Waals surface area contributed by atoms with Crippen LogP contribution in [0.25, 0.3) is 0 Å². The molecule has 0 radical (unpaired) electrons. The summed E-state index contributed by atoms with van der Waals surface area (Å²) in [6, 6.07) is 6.68. The summed E-state index contributed by atoms with van der Waals surface area (Å²) >= 11 is 3.71. The number of hydrogen-bond donors (Lipinski definition) is 1. The third-order valence-electron chi connectivity index (χ3n) is 3.58. The minimum absolute atomic E-state index is 0.285. The Morgan fingerprint density at radius 2 is 2.18 bits per heavy atom. The topological polar surface area (TPSA) is 15.3 Å². The number of halogens is 1. The summed E-state index contributed by atoms with van der Waals surface area (Å²) in [6.45, 7) is 6.74. The molecule has 1 aliphatic rings. The van der Waals surface area contributed by atoms with Crippen molar-refractivity contribution in [2.75, 3.05) is 18.5 Å². The summed E-state index contributed by atoms with van der Waals surface area (Å²) in [5, 5.41) is 3.18. The van der Waals surface area contributed by atoms with E-state index in [2.05, 4.69) is 58.2 Å². The largest absolute Gasteiger partial charge is 0.366 e. The van der Waals surface area contributed by atoms with E-state index in [-0.39, 0.29) is 5.54 Å². The van der Waals surface area contributed by atoms with Gasteiger partial charge in [0.15, 0.2) is 0 Å². The molecule has 94 valence electrons. The van der Waals surface area contributed by atoms with E-state index < -0.39 is 0 Å². The molecule has 2 nitrogen and oxygen atoms in total. The Morgan fingerprint density at radius 1 is 1.41 bits per heavy atom. The van der Waals surface area contributed by atoms with Crippen molar-refractivity contribution in [1.82, 2.24) is 5.32 Å². The van der Waals surface area contributed by atoms with Crippen molar-refractivity contribution in [2.24, 2.45) is 0 Å². The molecule has 0 atom stereocenters. The quantitative estimate of drug-likeness (QED) is 0.918. The second kappa shape index (κ2) is 4.99. The minimum atomic E-state index is 0.285. The highest BCUT2D eigenvalue weighted by molar-refractivity contribution is 9.10. The van der Waals surface area contributed by atoms with Crippen LogP contribution in [0.5, 0.6) is 0 Å². The molecule has 1 saturated heterocycles. The molecule has 0 amide bonds. The van der Waals surface area contributed by atoms with E-state index in [9.17, 15) is 0 Å². The molecule has 1 heterocycles. The first kappa shape index (κ1) is 12.9. The molecule has 17 heavy (non-hydrogen) atoms. The average Bonchev–Trinajstić information content (AvgIpc) is 2.59. The van der Waals surface area contributed by atoms with Gasteiger partial charge in [-0.3, -0.25) is 0 Å². The molecular formula is C14H21BrN2. The van der Waals surface area contributed by atoms with E-state index in [0.29, 0.717) is 0 Å². The number of anilines is 1. The van der Waals surface area contributed by atoms with Gasteiger partial charge in [-0.25, -0.2) is 0 Å². The maximum atomic E-state index is 3.71. The lowest BCUT2D eigenvalue weighted by Gasteiger charge is -2.34. The van der Waals surface area contributed by atoms with E-state index in [1.165, 1.54) is 28.6 Å². The van der Waals surface area contributed by atoms with Gasteiger partial charge in [-0.2, -0.15) is 0 Å². The zero-order chi connectivity index (χ0) is 12.5. The zero-order valence-corrected chi connectivity index (χ0v) is 12.5. The molecule has 1 aromatic rings. The molecule has 1 aromatic carbocycles. The van der Waals surface area contributed by atoms with Crippen LogP contribution in [0.2, 0.25) is 0 Å². The molecule has 3 heteroatoms. The zero-order valence-electron chi connectivity index (χ0n) is 10.9. The lowest BCUT2D eigenvalue weighted by atomic mass is 10.0. The molecular weight excluding hydrogens is 276 g/mol. The summed E-state index contributed by atoms with van der Waals surface area (Å²) in [6.07, 6.45) is 2.56. The van der Waals surface area contributed by atoms with Crippen molar-refractivity contribution >= 4 is 21.6 Å². The van der Waals surface area contributed by atoms with Crippen molar-refractivity contribution in [1.29, 1.82) is 0 Å². The SMILES string of the molecule is CNCc1ccc(N2CCCC2(C)C)c(Br)c1. The van der Waals surface area contributed by atoms with Crippen LogP contribution in [-0.2, 0) is 6.54 Å². The number of hydrogen-bond acceptors (Lipinski definition) is 2.